The quantitative estimate of drug-likeness (QED) is 0.683. The second kappa shape index (κ2) is 6.88. The Balaban J connectivity index is 2.24. The molecule has 0 aromatic heterocycles. The van der Waals surface area contributed by atoms with Crippen LogP contribution in [0, 0.1) is 0 Å². The molecule has 5 heteroatoms. The summed E-state index contributed by atoms with van der Waals surface area (Å²) in [6.07, 6.45) is 1.15. The SMILES string of the molecule is CCOC(=O)c1cccc(N2CCSC(CC)C2)c1N. The van der Waals surface area contributed by atoms with Gasteiger partial charge in [-0.1, -0.05) is 13.0 Å². The highest BCUT2D eigenvalue weighted by Crippen LogP contribution is 2.31. The molecule has 1 heterocycles. The Morgan fingerprint density at radius 1 is 1.50 bits per heavy atom. The molecule has 1 aliphatic heterocycles. The average Bonchev–Trinajstić information content (AvgIpc) is 2.47. The number of benzene rings is 1. The fourth-order valence-corrected chi connectivity index (χ4v) is 3.58. The number of rotatable bonds is 4. The molecule has 1 saturated heterocycles. The maximum atomic E-state index is 11.9. The fraction of sp³-hybridized carbons (Fsp3) is 0.533. The highest BCUT2D eigenvalue weighted by atomic mass is 32.2. The van der Waals surface area contributed by atoms with Crippen molar-refractivity contribution < 1.29 is 9.53 Å². The summed E-state index contributed by atoms with van der Waals surface area (Å²) in [5, 5.41) is 0.634. The Hall–Kier alpha value is -1.36. The third kappa shape index (κ3) is 3.20. The number of nitrogens with zero attached hydrogens (tertiary/aromatic N) is 1. The van der Waals surface area contributed by atoms with Crippen molar-refractivity contribution in [3.63, 3.8) is 0 Å². The standard InChI is InChI=1S/C15H22N2O2S/c1-3-11-10-17(8-9-20-11)13-7-5-6-12(14(13)16)15(18)19-4-2/h5-7,11H,3-4,8-10,16H2,1-2H3. The number of anilines is 2. The van der Waals surface area contributed by atoms with Crippen LogP contribution in [0.25, 0.3) is 0 Å². The molecule has 1 atom stereocenters. The lowest BCUT2D eigenvalue weighted by atomic mass is 10.1. The number of carbonyl (C=O) groups is 1. The van der Waals surface area contributed by atoms with Crippen LogP contribution in [0.5, 0.6) is 0 Å². The van der Waals surface area contributed by atoms with Crippen LogP contribution < -0.4 is 10.6 Å². The van der Waals surface area contributed by atoms with Crippen molar-refractivity contribution in [2.75, 3.05) is 36.1 Å². The van der Waals surface area contributed by atoms with Gasteiger partial charge in [-0.3, -0.25) is 0 Å². The van der Waals surface area contributed by atoms with Gasteiger partial charge in [-0.15, -0.1) is 0 Å². The van der Waals surface area contributed by atoms with Gasteiger partial charge in [0.15, 0.2) is 0 Å². The molecule has 1 fully saturated rings. The highest BCUT2D eigenvalue weighted by Gasteiger charge is 2.22. The van der Waals surface area contributed by atoms with E-state index in [2.05, 4.69) is 11.8 Å². The minimum atomic E-state index is -0.342. The van der Waals surface area contributed by atoms with E-state index in [4.69, 9.17) is 10.5 Å². The van der Waals surface area contributed by atoms with Gasteiger partial charge in [-0.2, -0.15) is 11.8 Å². The van der Waals surface area contributed by atoms with Crippen molar-refractivity contribution >= 4 is 29.1 Å². The maximum absolute atomic E-state index is 11.9. The van der Waals surface area contributed by atoms with Crippen molar-refractivity contribution in [3.8, 4) is 0 Å². The molecule has 110 valence electrons. The van der Waals surface area contributed by atoms with Crippen LogP contribution in [0.15, 0.2) is 18.2 Å². The molecule has 20 heavy (non-hydrogen) atoms. The molecular formula is C15H22N2O2S. The van der Waals surface area contributed by atoms with Crippen LogP contribution in [-0.4, -0.2) is 36.7 Å². The van der Waals surface area contributed by atoms with Gasteiger partial charge >= 0.3 is 5.97 Å². The minimum absolute atomic E-state index is 0.342. The Morgan fingerprint density at radius 3 is 3.00 bits per heavy atom. The van der Waals surface area contributed by atoms with Gasteiger partial charge in [0.05, 0.1) is 23.5 Å². The normalized spacial score (nSPS) is 18.9. The van der Waals surface area contributed by atoms with Crippen LogP contribution >= 0.6 is 11.8 Å². The summed E-state index contributed by atoms with van der Waals surface area (Å²) in [6.45, 7) is 6.32. The molecule has 2 rings (SSSR count). The summed E-state index contributed by atoms with van der Waals surface area (Å²) in [4.78, 5) is 14.2. The van der Waals surface area contributed by atoms with E-state index >= 15 is 0 Å². The molecule has 4 nitrogen and oxygen atoms in total. The molecule has 0 amide bonds. The summed E-state index contributed by atoms with van der Waals surface area (Å²) in [5.74, 6) is 0.756. The molecule has 1 unspecified atom stereocenters. The smallest absolute Gasteiger partial charge is 0.340 e. The van der Waals surface area contributed by atoms with Gasteiger partial charge in [-0.25, -0.2) is 4.79 Å². The monoisotopic (exact) mass is 294 g/mol. The molecular weight excluding hydrogens is 272 g/mol. The second-order valence-corrected chi connectivity index (χ2v) is 6.21. The summed E-state index contributed by atoms with van der Waals surface area (Å²) in [7, 11) is 0. The maximum Gasteiger partial charge on any atom is 0.340 e. The molecule has 2 N–H and O–H groups in total. The number of nitrogen functional groups attached to an aromatic ring is 1. The van der Waals surface area contributed by atoms with Gasteiger partial charge < -0.3 is 15.4 Å². The first-order valence-corrected chi connectivity index (χ1v) is 8.14. The molecule has 1 aromatic carbocycles. The lowest BCUT2D eigenvalue weighted by Crippen LogP contribution is -2.38. The predicted octanol–water partition coefficient (Wildman–Crippen LogP) is 2.78. The second-order valence-electron chi connectivity index (χ2n) is 4.81. The van der Waals surface area contributed by atoms with E-state index in [0.717, 1.165) is 31.0 Å². The lowest BCUT2D eigenvalue weighted by Gasteiger charge is -2.34. The summed E-state index contributed by atoms with van der Waals surface area (Å²) < 4.78 is 5.05. The number of hydrogen-bond acceptors (Lipinski definition) is 5. The third-order valence-electron chi connectivity index (χ3n) is 3.51. The third-order valence-corrected chi connectivity index (χ3v) is 4.89. The van der Waals surface area contributed by atoms with Gasteiger partial charge in [0.1, 0.15) is 0 Å². The van der Waals surface area contributed by atoms with E-state index in [1.165, 1.54) is 0 Å². The number of ether oxygens (including phenoxy) is 1. The topological polar surface area (TPSA) is 55.6 Å². The summed E-state index contributed by atoms with van der Waals surface area (Å²) in [5.41, 5.74) is 8.14. The highest BCUT2D eigenvalue weighted by molar-refractivity contribution is 8.00. The minimum Gasteiger partial charge on any atom is -0.462 e. The molecule has 0 radical (unpaired) electrons. The first kappa shape index (κ1) is 15.0. The van der Waals surface area contributed by atoms with E-state index in [0.29, 0.717) is 23.1 Å². The largest absolute Gasteiger partial charge is 0.462 e. The van der Waals surface area contributed by atoms with Crippen LogP contribution in [0.3, 0.4) is 0 Å². The van der Waals surface area contributed by atoms with Crippen molar-refractivity contribution in [2.45, 2.75) is 25.5 Å². The number of para-hydroxylation sites is 1. The van der Waals surface area contributed by atoms with Crippen molar-refractivity contribution in [2.24, 2.45) is 0 Å². The number of nitrogens with two attached hydrogens (primary N) is 1. The van der Waals surface area contributed by atoms with Gasteiger partial charge in [0, 0.05) is 24.1 Å². The first-order valence-electron chi connectivity index (χ1n) is 7.09. The number of carbonyl (C=O) groups excluding carboxylic acids is 1. The van der Waals surface area contributed by atoms with E-state index in [9.17, 15) is 4.79 Å². The fourth-order valence-electron chi connectivity index (χ4n) is 2.40. The first-order chi connectivity index (χ1) is 9.67. The van der Waals surface area contributed by atoms with Crippen LogP contribution in [0.2, 0.25) is 0 Å². The average molecular weight is 294 g/mol. The van der Waals surface area contributed by atoms with E-state index in [-0.39, 0.29) is 5.97 Å². The lowest BCUT2D eigenvalue weighted by molar-refractivity contribution is 0.0527. The zero-order valence-corrected chi connectivity index (χ0v) is 12.9. The number of thioether (sulfide) groups is 1. The zero-order valence-electron chi connectivity index (χ0n) is 12.1. The van der Waals surface area contributed by atoms with Crippen molar-refractivity contribution in [1.29, 1.82) is 0 Å². The van der Waals surface area contributed by atoms with Gasteiger partial charge in [0.2, 0.25) is 0 Å². The van der Waals surface area contributed by atoms with E-state index < -0.39 is 0 Å². The van der Waals surface area contributed by atoms with Crippen molar-refractivity contribution in [3.05, 3.63) is 23.8 Å². The molecule has 1 aromatic rings. The van der Waals surface area contributed by atoms with E-state index in [1.54, 1.807) is 13.0 Å². The van der Waals surface area contributed by atoms with Gasteiger partial charge in [-0.05, 0) is 25.5 Å². The van der Waals surface area contributed by atoms with Gasteiger partial charge in [0.25, 0.3) is 0 Å². The molecule has 0 aliphatic carbocycles. The molecule has 0 bridgehead atoms. The summed E-state index contributed by atoms with van der Waals surface area (Å²) in [6, 6.07) is 5.59. The van der Waals surface area contributed by atoms with Crippen LogP contribution in [0.4, 0.5) is 11.4 Å². The van der Waals surface area contributed by atoms with E-state index in [1.807, 2.05) is 23.9 Å². The zero-order chi connectivity index (χ0) is 14.5. The Kier molecular flexibility index (Phi) is 5.17. The molecule has 0 saturated carbocycles. The Labute approximate surface area is 124 Å². The molecule has 0 spiro atoms. The van der Waals surface area contributed by atoms with Crippen LogP contribution in [-0.2, 0) is 4.74 Å². The van der Waals surface area contributed by atoms with Crippen molar-refractivity contribution in [1.82, 2.24) is 0 Å². The Morgan fingerprint density at radius 2 is 2.30 bits per heavy atom. The predicted molar refractivity (Wildman–Crippen MR) is 85.6 cm³/mol. The molecule has 1 aliphatic rings. The summed E-state index contributed by atoms with van der Waals surface area (Å²) >= 11 is 2.01. The number of hydrogen-bond donors (Lipinski definition) is 1. The Bertz CT molecular complexity index is 479. The van der Waals surface area contributed by atoms with Crippen LogP contribution in [0.1, 0.15) is 30.6 Å². The number of esters is 1.